The number of phenolic OH excluding ortho intramolecular Hbond substituents is 1. The van der Waals surface area contributed by atoms with Gasteiger partial charge in [-0.25, -0.2) is 0 Å². The summed E-state index contributed by atoms with van der Waals surface area (Å²) in [6.07, 6.45) is 2.93. The van der Waals surface area contributed by atoms with Gasteiger partial charge in [0.2, 0.25) is 0 Å². The molecule has 7 heteroatoms. The Bertz CT molecular complexity index is 792. The van der Waals surface area contributed by atoms with Gasteiger partial charge in [-0.3, -0.25) is 4.79 Å². The Kier molecular flexibility index (Phi) is 6.04. The van der Waals surface area contributed by atoms with Crippen LogP contribution in [0.2, 0.25) is 0 Å². The number of rotatable bonds is 6. The van der Waals surface area contributed by atoms with Gasteiger partial charge in [-0.2, -0.15) is 5.26 Å². The van der Waals surface area contributed by atoms with Gasteiger partial charge in [0.25, 0.3) is 5.91 Å². The SMILES string of the molecule is CCOc1cc(/C=C(/C#N)C(=O)NCc2ccco2)cc(Br)c1O. The van der Waals surface area contributed by atoms with E-state index in [-0.39, 0.29) is 23.6 Å². The zero-order valence-electron chi connectivity index (χ0n) is 12.9. The highest BCUT2D eigenvalue weighted by Gasteiger charge is 2.12. The van der Waals surface area contributed by atoms with Crippen molar-refractivity contribution in [2.24, 2.45) is 0 Å². The van der Waals surface area contributed by atoms with Crippen LogP contribution in [0.5, 0.6) is 11.5 Å². The van der Waals surface area contributed by atoms with Crippen LogP contribution < -0.4 is 10.1 Å². The first-order valence-corrected chi connectivity index (χ1v) is 7.92. The smallest absolute Gasteiger partial charge is 0.262 e. The van der Waals surface area contributed by atoms with E-state index in [1.165, 1.54) is 12.3 Å². The number of hydrogen-bond donors (Lipinski definition) is 2. The molecule has 0 saturated heterocycles. The van der Waals surface area contributed by atoms with Crippen LogP contribution in [-0.2, 0) is 11.3 Å². The maximum absolute atomic E-state index is 12.1. The number of furan rings is 1. The molecule has 0 aliphatic rings. The number of aromatic hydroxyl groups is 1. The molecule has 0 bridgehead atoms. The van der Waals surface area contributed by atoms with Gasteiger partial charge < -0.3 is 19.6 Å². The molecule has 2 aromatic rings. The highest BCUT2D eigenvalue weighted by atomic mass is 79.9. The van der Waals surface area contributed by atoms with Crippen molar-refractivity contribution in [3.05, 3.63) is 51.9 Å². The van der Waals surface area contributed by atoms with Gasteiger partial charge in [0, 0.05) is 0 Å². The first-order valence-electron chi connectivity index (χ1n) is 7.12. The fraction of sp³-hybridized carbons (Fsp3) is 0.176. The number of nitrogens with zero attached hydrogens (tertiary/aromatic N) is 1. The third-order valence-corrected chi connectivity index (χ3v) is 3.63. The number of ether oxygens (including phenoxy) is 1. The third kappa shape index (κ3) is 4.40. The van der Waals surface area contributed by atoms with Gasteiger partial charge in [-0.15, -0.1) is 0 Å². The number of benzene rings is 1. The molecule has 1 amide bonds. The van der Waals surface area contributed by atoms with Crippen LogP contribution in [0.1, 0.15) is 18.2 Å². The van der Waals surface area contributed by atoms with E-state index < -0.39 is 5.91 Å². The molecular formula is C17H15BrN2O4. The largest absolute Gasteiger partial charge is 0.503 e. The van der Waals surface area contributed by atoms with E-state index >= 15 is 0 Å². The molecule has 0 fully saturated rings. The lowest BCUT2D eigenvalue weighted by molar-refractivity contribution is -0.117. The molecule has 1 heterocycles. The lowest BCUT2D eigenvalue weighted by atomic mass is 10.1. The molecule has 0 aliphatic heterocycles. The van der Waals surface area contributed by atoms with Crippen LogP contribution in [-0.4, -0.2) is 17.6 Å². The molecule has 0 spiro atoms. The standard InChI is InChI=1S/C17H15BrN2O4/c1-2-23-15-8-11(7-14(18)16(15)21)6-12(9-19)17(22)20-10-13-4-3-5-24-13/h3-8,21H,2,10H2,1H3,(H,20,22)/b12-6-. The minimum Gasteiger partial charge on any atom is -0.503 e. The third-order valence-electron chi connectivity index (χ3n) is 3.03. The summed E-state index contributed by atoms with van der Waals surface area (Å²) >= 11 is 3.22. The highest BCUT2D eigenvalue weighted by Crippen LogP contribution is 2.36. The Morgan fingerprint density at radius 2 is 2.33 bits per heavy atom. The number of carbonyl (C=O) groups is 1. The van der Waals surface area contributed by atoms with Gasteiger partial charge in [-0.1, -0.05) is 0 Å². The molecule has 0 radical (unpaired) electrons. The number of nitrogens with one attached hydrogen (secondary N) is 1. The molecule has 0 saturated carbocycles. The van der Waals surface area contributed by atoms with E-state index in [4.69, 9.17) is 9.15 Å². The average Bonchev–Trinajstić information content (AvgIpc) is 3.08. The average molecular weight is 391 g/mol. The quantitative estimate of drug-likeness (QED) is 0.582. The van der Waals surface area contributed by atoms with E-state index in [0.29, 0.717) is 22.4 Å². The van der Waals surface area contributed by atoms with E-state index in [1.54, 1.807) is 31.2 Å². The van der Waals surface area contributed by atoms with Crippen LogP contribution in [0.15, 0.2) is 45.0 Å². The fourth-order valence-corrected chi connectivity index (χ4v) is 2.39. The highest BCUT2D eigenvalue weighted by molar-refractivity contribution is 9.10. The molecule has 2 rings (SSSR count). The summed E-state index contributed by atoms with van der Waals surface area (Å²) in [6.45, 7) is 2.36. The molecule has 0 atom stereocenters. The topological polar surface area (TPSA) is 95.5 Å². The Balaban J connectivity index is 2.20. The number of phenols is 1. The van der Waals surface area contributed by atoms with Gasteiger partial charge in [0.15, 0.2) is 11.5 Å². The Morgan fingerprint density at radius 1 is 1.54 bits per heavy atom. The van der Waals surface area contributed by atoms with Crippen molar-refractivity contribution in [3.63, 3.8) is 0 Å². The summed E-state index contributed by atoms with van der Waals surface area (Å²) < 4.78 is 10.9. The van der Waals surface area contributed by atoms with Crippen molar-refractivity contribution in [3.8, 4) is 17.6 Å². The fourth-order valence-electron chi connectivity index (χ4n) is 1.93. The number of halogens is 1. The minimum atomic E-state index is -0.518. The second-order valence-electron chi connectivity index (χ2n) is 4.71. The number of nitriles is 1. The summed E-state index contributed by atoms with van der Waals surface area (Å²) in [5, 5.41) is 21.7. The van der Waals surface area contributed by atoms with E-state index in [0.717, 1.165) is 0 Å². The van der Waals surface area contributed by atoms with Gasteiger partial charge in [-0.05, 0) is 58.8 Å². The van der Waals surface area contributed by atoms with Crippen LogP contribution in [0, 0.1) is 11.3 Å². The predicted octanol–water partition coefficient (Wildman–Crippen LogP) is 3.37. The van der Waals surface area contributed by atoms with Crippen molar-refractivity contribution in [2.45, 2.75) is 13.5 Å². The molecule has 2 N–H and O–H groups in total. The van der Waals surface area contributed by atoms with Crippen molar-refractivity contribution < 1.29 is 19.1 Å². The molecule has 124 valence electrons. The van der Waals surface area contributed by atoms with Crippen molar-refractivity contribution >= 4 is 27.9 Å². The maximum atomic E-state index is 12.1. The lowest BCUT2D eigenvalue weighted by Crippen LogP contribution is -2.23. The van der Waals surface area contributed by atoms with E-state index in [9.17, 15) is 15.2 Å². The number of amides is 1. The first kappa shape index (κ1) is 17.6. The molecule has 24 heavy (non-hydrogen) atoms. The predicted molar refractivity (Wildman–Crippen MR) is 91.1 cm³/mol. The van der Waals surface area contributed by atoms with E-state index in [2.05, 4.69) is 21.2 Å². The Morgan fingerprint density at radius 3 is 2.96 bits per heavy atom. The van der Waals surface area contributed by atoms with Crippen molar-refractivity contribution in [2.75, 3.05) is 6.61 Å². The molecular weight excluding hydrogens is 376 g/mol. The van der Waals surface area contributed by atoms with Gasteiger partial charge >= 0.3 is 0 Å². The first-order chi connectivity index (χ1) is 11.5. The molecule has 6 nitrogen and oxygen atoms in total. The van der Waals surface area contributed by atoms with Crippen LogP contribution in [0.4, 0.5) is 0 Å². The van der Waals surface area contributed by atoms with Crippen molar-refractivity contribution in [1.29, 1.82) is 5.26 Å². The summed E-state index contributed by atoms with van der Waals surface area (Å²) in [6, 6.07) is 8.45. The molecule has 1 aromatic heterocycles. The summed E-state index contributed by atoms with van der Waals surface area (Å²) in [4.78, 5) is 12.1. The van der Waals surface area contributed by atoms with Crippen LogP contribution >= 0.6 is 15.9 Å². The van der Waals surface area contributed by atoms with Crippen LogP contribution in [0.25, 0.3) is 6.08 Å². The zero-order chi connectivity index (χ0) is 17.5. The van der Waals surface area contributed by atoms with E-state index in [1.807, 2.05) is 6.07 Å². The maximum Gasteiger partial charge on any atom is 0.262 e. The van der Waals surface area contributed by atoms with Crippen molar-refractivity contribution in [1.82, 2.24) is 5.32 Å². The lowest BCUT2D eigenvalue weighted by Gasteiger charge is -2.09. The Labute approximate surface area is 147 Å². The molecule has 0 aliphatic carbocycles. The molecule has 1 aromatic carbocycles. The second kappa shape index (κ2) is 8.22. The normalized spacial score (nSPS) is 11.0. The number of hydrogen-bond acceptors (Lipinski definition) is 5. The van der Waals surface area contributed by atoms with Gasteiger partial charge in [0.1, 0.15) is 17.4 Å². The Hall–Kier alpha value is -2.72. The summed E-state index contributed by atoms with van der Waals surface area (Å²) in [7, 11) is 0. The monoisotopic (exact) mass is 390 g/mol. The minimum absolute atomic E-state index is 0.0326. The number of carbonyl (C=O) groups excluding carboxylic acids is 1. The molecule has 0 unspecified atom stereocenters. The summed E-state index contributed by atoms with van der Waals surface area (Å²) in [5.41, 5.74) is 0.481. The summed E-state index contributed by atoms with van der Waals surface area (Å²) in [5.74, 6) is 0.309. The van der Waals surface area contributed by atoms with Crippen LogP contribution in [0.3, 0.4) is 0 Å². The van der Waals surface area contributed by atoms with Gasteiger partial charge in [0.05, 0.1) is 23.9 Å². The second-order valence-corrected chi connectivity index (χ2v) is 5.57. The zero-order valence-corrected chi connectivity index (χ0v) is 14.5.